The number of nitrogens with zero attached hydrogens (tertiary/aromatic N) is 1. The van der Waals surface area contributed by atoms with Crippen molar-refractivity contribution in [3.8, 4) is 0 Å². The summed E-state index contributed by atoms with van der Waals surface area (Å²) in [6, 6.07) is 2.78. The molecule has 0 amide bonds. The molecule has 0 N–H and O–H groups in total. The zero-order valence-electron chi connectivity index (χ0n) is 7.61. The fourth-order valence-corrected chi connectivity index (χ4v) is 1.77. The minimum absolute atomic E-state index is 0.116. The Kier molecular flexibility index (Phi) is 2.75. The van der Waals surface area contributed by atoms with Gasteiger partial charge in [0, 0.05) is 5.02 Å². The van der Waals surface area contributed by atoms with Crippen molar-refractivity contribution >= 4 is 34.3 Å². The standard InChI is InChI=1S/C9H4Cl2F3NO/c10-4-1-5(11)8-6(2-4)15-7(16-8)3-9(12,13)14/h1-2H,3H2. The Hall–Kier alpha value is -0.940. The number of oxazole rings is 1. The van der Waals surface area contributed by atoms with Crippen molar-refractivity contribution in [1.82, 2.24) is 4.98 Å². The summed E-state index contributed by atoms with van der Waals surface area (Å²) in [6.07, 6.45) is -5.59. The van der Waals surface area contributed by atoms with Crippen LogP contribution in [0.5, 0.6) is 0 Å². The van der Waals surface area contributed by atoms with Crippen molar-refractivity contribution in [1.29, 1.82) is 0 Å². The van der Waals surface area contributed by atoms with E-state index in [1.54, 1.807) is 0 Å². The van der Waals surface area contributed by atoms with E-state index in [0.29, 0.717) is 5.02 Å². The zero-order chi connectivity index (χ0) is 11.9. The summed E-state index contributed by atoms with van der Waals surface area (Å²) in [4.78, 5) is 3.66. The van der Waals surface area contributed by atoms with Crippen LogP contribution in [0, 0.1) is 0 Å². The highest BCUT2D eigenvalue weighted by atomic mass is 35.5. The molecule has 1 aromatic carbocycles. The molecule has 0 saturated carbocycles. The Bertz CT molecular complexity index is 535. The van der Waals surface area contributed by atoms with Crippen molar-refractivity contribution in [2.75, 3.05) is 0 Å². The fraction of sp³-hybridized carbons (Fsp3) is 0.222. The van der Waals surface area contributed by atoms with E-state index in [4.69, 9.17) is 27.6 Å². The summed E-state index contributed by atoms with van der Waals surface area (Å²) < 4.78 is 41.2. The lowest BCUT2D eigenvalue weighted by Gasteiger charge is -2.00. The molecule has 1 heterocycles. The van der Waals surface area contributed by atoms with Crippen molar-refractivity contribution in [3.63, 3.8) is 0 Å². The monoisotopic (exact) mass is 269 g/mol. The van der Waals surface area contributed by atoms with Gasteiger partial charge in [-0.1, -0.05) is 23.2 Å². The van der Waals surface area contributed by atoms with Gasteiger partial charge >= 0.3 is 6.18 Å². The van der Waals surface area contributed by atoms with Gasteiger partial charge in [0.2, 0.25) is 5.89 Å². The van der Waals surface area contributed by atoms with Crippen LogP contribution in [0.15, 0.2) is 16.5 Å². The molecule has 2 aromatic rings. The largest absolute Gasteiger partial charge is 0.439 e. The first-order chi connectivity index (χ1) is 7.35. The Morgan fingerprint density at radius 2 is 1.94 bits per heavy atom. The predicted octanol–water partition coefficient (Wildman–Crippen LogP) is 4.24. The maximum atomic E-state index is 12.1. The lowest BCUT2D eigenvalue weighted by Crippen LogP contribution is -2.11. The third-order valence-corrected chi connectivity index (χ3v) is 2.30. The Balaban J connectivity index is 2.48. The highest BCUT2D eigenvalue weighted by Gasteiger charge is 2.30. The van der Waals surface area contributed by atoms with Crippen LogP contribution >= 0.6 is 23.2 Å². The summed E-state index contributed by atoms with van der Waals surface area (Å²) in [6.45, 7) is 0. The summed E-state index contributed by atoms with van der Waals surface area (Å²) in [5.74, 6) is -0.424. The van der Waals surface area contributed by atoms with E-state index in [1.807, 2.05) is 0 Å². The first-order valence-corrected chi connectivity index (χ1v) is 4.92. The van der Waals surface area contributed by atoms with E-state index in [1.165, 1.54) is 12.1 Å². The number of benzene rings is 1. The Labute approximate surface area is 98.0 Å². The molecule has 0 atom stereocenters. The minimum Gasteiger partial charge on any atom is -0.439 e. The van der Waals surface area contributed by atoms with Gasteiger partial charge < -0.3 is 4.42 Å². The molecular weight excluding hydrogens is 266 g/mol. The number of alkyl halides is 3. The molecule has 0 spiro atoms. The maximum absolute atomic E-state index is 12.1. The zero-order valence-corrected chi connectivity index (χ0v) is 9.12. The highest BCUT2D eigenvalue weighted by molar-refractivity contribution is 6.37. The Morgan fingerprint density at radius 3 is 2.56 bits per heavy atom. The number of fused-ring (bicyclic) bond motifs is 1. The fourth-order valence-electron chi connectivity index (χ4n) is 1.25. The topological polar surface area (TPSA) is 26.0 Å². The van der Waals surface area contributed by atoms with Crippen molar-refractivity contribution in [2.24, 2.45) is 0 Å². The molecule has 0 aliphatic heterocycles. The van der Waals surface area contributed by atoms with Gasteiger partial charge in [0.05, 0.1) is 5.02 Å². The lowest BCUT2D eigenvalue weighted by molar-refractivity contribution is -0.130. The van der Waals surface area contributed by atoms with E-state index in [9.17, 15) is 13.2 Å². The van der Waals surface area contributed by atoms with E-state index in [0.717, 1.165) is 0 Å². The van der Waals surface area contributed by atoms with Crippen LogP contribution in [0.1, 0.15) is 5.89 Å². The SMILES string of the molecule is FC(F)(F)Cc1nc2cc(Cl)cc(Cl)c2o1. The van der Waals surface area contributed by atoms with Crippen LogP contribution in [0.4, 0.5) is 13.2 Å². The van der Waals surface area contributed by atoms with Gasteiger partial charge in [0.15, 0.2) is 5.58 Å². The third kappa shape index (κ3) is 2.41. The summed E-state index contributed by atoms with van der Waals surface area (Å²) in [5, 5.41) is 0.438. The molecule has 0 aliphatic carbocycles. The van der Waals surface area contributed by atoms with E-state index >= 15 is 0 Å². The van der Waals surface area contributed by atoms with Crippen LogP contribution < -0.4 is 0 Å². The second kappa shape index (κ2) is 3.82. The van der Waals surface area contributed by atoms with Gasteiger partial charge in [0.1, 0.15) is 11.9 Å². The maximum Gasteiger partial charge on any atom is 0.397 e. The molecule has 0 aliphatic rings. The molecule has 0 fully saturated rings. The van der Waals surface area contributed by atoms with Gasteiger partial charge in [-0.05, 0) is 12.1 Å². The van der Waals surface area contributed by atoms with Gasteiger partial charge in [0.25, 0.3) is 0 Å². The number of halogens is 5. The molecule has 0 saturated heterocycles. The molecule has 0 unspecified atom stereocenters. The first kappa shape index (κ1) is 11.5. The van der Waals surface area contributed by atoms with Crippen molar-refractivity contribution < 1.29 is 17.6 Å². The molecule has 7 heteroatoms. The van der Waals surface area contributed by atoms with Crippen molar-refractivity contribution in [2.45, 2.75) is 12.6 Å². The molecule has 0 radical (unpaired) electrons. The second-order valence-corrected chi connectivity index (χ2v) is 3.98. The van der Waals surface area contributed by atoms with Crippen molar-refractivity contribution in [3.05, 3.63) is 28.1 Å². The van der Waals surface area contributed by atoms with Crippen LogP contribution in [0.25, 0.3) is 11.1 Å². The third-order valence-electron chi connectivity index (χ3n) is 1.81. The number of hydrogen-bond donors (Lipinski definition) is 0. The van der Waals surface area contributed by atoms with Crippen LogP contribution in [0.2, 0.25) is 10.0 Å². The molecular formula is C9H4Cl2F3NO. The average Bonchev–Trinajstić information content (AvgIpc) is 2.43. The smallest absolute Gasteiger partial charge is 0.397 e. The number of aromatic nitrogens is 1. The molecule has 1 aromatic heterocycles. The second-order valence-electron chi connectivity index (χ2n) is 3.14. The molecule has 16 heavy (non-hydrogen) atoms. The Morgan fingerprint density at radius 1 is 1.25 bits per heavy atom. The van der Waals surface area contributed by atoms with Gasteiger partial charge in [-0.2, -0.15) is 13.2 Å². The van der Waals surface area contributed by atoms with Gasteiger partial charge in [-0.25, -0.2) is 4.98 Å². The van der Waals surface area contributed by atoms with Gasteiger partial charge in [-0.15, -0.1) is 0 Å². The summed E-state index contributed by atoms with van der Waals surface area (Å²) in [7, 11) is 0. The first-order valence-electron chi connectivity index (χ1n) is 4.16. The molecule has 0 bridgehead atoms. The van der Waals surface area contributed by atoms with E-state index in [2.05, 4.69) is 4.98 Å². The summed E-state index contributed by atoms with van der Waals surface area (Å²) >= 11 is 11.4. The van der Waals surface area contributed by atoms with Crippen LogP contribution in [-0.4, -0.2) is 11.2 Å². The van der Waals surface area contributed by atoms with Gasteiger partial charge in [-0.3, -0.25) is 0 Å². The van der Waals surface area contributed by atoms with Crippen LogP contribution in [0.3, 0.4) is 0 Å². The number of rotatable bonds is 1. The van der Waals surface area contributed by atoms with Crippen LogP contribution in [-0.2, 0) is 6.42 Å². The molecule has 2 nitrogen and oxygen atoms in total. The molecule has 2 rings (SSSR count). The predicted molar refractivity (Wildman–Crippen MR) is 53.8 cm³/mol. The normalized spacial score (nSPS) is 12.3. The summed E-state index contributed by atoms with van der Waals surface area (Å²) in [5.41, 5.74) is 0.335. The average molecular weight is 270 g/mol. The lowest BCUT2D eigenvalue weighted by atomic mass is 10.3. The highest BCUT2D eigenvalue weighted by Crippen LogP contribution is 2.30. The quantitative estimate of drug-likeness (QED) is 0.774. The van der Waals surface area contributed by atoms with E-state index in [-0.39, 0.29) is 16.1 Å². The minimum atomic E-state index is -4.36. The number of hydrogen-bond acceptors (Lipinski definition) is 2. The van der Waals surface area contributed by atoms with E-state index < -0.39 is 18.5 Å². The molecule has 86 valence electrons.